The standard InChI is InChI=1S/C18H23N3O4/c1-11(2)13-5-7-14(8-6-13)21-10-15(22)16(19-21)17(23)20(4)9-12(3)18(24)25/h5-8,10-12,22H,9H2,1-4H3,(H,24,25). The molecule has 1 aromatic carbocycles. The summed E-state index contributed by atoms with van der Waals surface area (Å²) in [5.41, 5.74) is 1.80. The van der Waals surface area contributed by atoms with Crippen molar-refractivity contribution >= 4 is 11.9 Å². The average molecular weight is 345 g/mol. The fourth-order valence-electron chi connectivity index (χ4n) is 2.41. The molecule has 7 heteroatoms. The van der Waals surface area contributed by atoms with E-state index in [0.717, 1.165) is 5.69 Å². The third kappa shape index (κ3) is 4.17. The molecule has 0 aliphatic heterocycles. The zero-order chi connectivity index (χ0) is 18.7. The van der Waals surface area contributed by atoms with Crippen LogP contribution in [0.15, 0.2) is 30.5 Å². The third-order valence-electron chi connectivity index (χ3n) is 4.04. The zero-order valence-corrected chi connectivity index (χ0v) is 14.8. The van der Waals surface area contributed by atoms with Crippen molar-refractivity contribution in [3.63, 3.8) is 0 Å². The molecule has 1 unspecified atom stereocenters. The predicted molar refractivity (Wildman–Crippen MR) is 93.1 cm³/mol. The summed E-state index contributed by atoms with van der Waals surface area (Å²) in [6.07, 6.45) is 1.37. The van der Waals surface area contributed by atoms with Crippen molar-refractivity contribution in [1.82, 2.24) is 14.7 Å². The molecule has 2 aromatic rings. The SMILES string of the molecule is CC(CN(C)C(=O)c1nn(-c2ccc(C(C)C)cc2)cc1O)C(=O)O. The van der Waals surface area contributed by atoms with E-state index in [1.54, 1.807) is 0 Å². The number of amides is 1. The summed E-state index contributed by atoms with van der Waals surface area (Å²) in [6, 6.07) is 7.68. The normalized spacial score (nSPS) is 12.2. The second kappa shape index (κ2) is 7.38. The van der Waals surface area contributed by atoms with Crippen LogP contribution < -0.4 is 0 Å². The molecule has 7 nitrogen and oxygen atoms in total. The number of carboxylic acids is 1. The highest BCUT2D eigenvalue weighted by molar-refractivity contribution is 5.94. The Bertz CT molecular complexity index is 765. The highest BCUT2D eigenvalue weighted by atomic mass is 16.4. The van der Waals surface area contributed by atoms with Gasteiger partial charge in [0.15, 0.2) is 11.4 Å². The Kier molecular flexibility index (Phi) is 5.46. The summed E-state index contributed by atoms with van der Waals surface area (Å²) in [4.78, 5) is 24.6. The number of carboxylic acid groups (broad SMARTS) is 1. The lowest BCUT2D eigenvalue weighted by molar-refractivity contribution is -0.141. The molecule has 0 aliphatic carbocycles. The molecule has 2 rings (SSSR count). The van der Waals surface area contributed by atoms with E-state index < -0.39 is 17.8 Å². The molecule has 1 heterocycles. The highest BCUT2D eigenvalue weighted by Crippen LogP contribution is 2.21. The second-order valence-corrected chi connectivity index (χ2v) is 6.48. The van der Waals surface area contributed by atoms with E-state index in [0.29, 0.717) is 5.92 Å². The fraction of sp³-hybridized carbons (Fsp3) is 0.389. The molecule has 1 aromatic heterocycles. The smallest absolute Gasteiger partial charge is 0.308 e. The number of carbonyl (C=O) groups excluding carboxylic acids is 1. The summed E-state index contributed by atoms with van der Waals surface area (Å²) in [6.45, 7) is 5.74. The Labute approximate surface area is 146 Å². The number of hydrogen-bond acceptors (Lipinski definition) is 4. The Hall–Kier alpha value is -2.83. The maximum absolute atomic E-state index is 12.4. The van der Waals surface area contributed by atoms with Gasteiger partial charge in [0.2, 0.25) is 0 Å². The van der Waals surface area contributed by atoms with Crippen LogP contribution in [0.2, 0.25) is 0 Å². The van der Waals surface area contributed by atoms with E-state index in [1.807, 2.05) is 24.3 Å². The van der Waals surface area contributed by atoms with E-state index in [1.165, 1.54) is 35.3 Å². The van der Waals surface area contributed by atoms with E-state index in [-0.39, 0.29) is 18.0 Å². The Morgan fingerprint density at radius 1 is 1.20 bits per heavy atom. The predicted octanol–water partition coefficient (Wildman–Crippen LogP) is 2.49. The maximum Gasteiger partial charge on any atom is 0.308 e. The average Bonchev–Trinajstić information content (AvgIpc) is 2.95. The molecule has 25 heavy (non-hydrogen) atoms. The van der Waals surface area contributed by atoms with Crippen molar-refractivity contribution < 1.29 is 19.8 Å². The first-order valence-corrected chi connectivity index (χ1v) is 8.08. The number of aromatic hydroxyl groups is 1. The largest absolute Gasteiger partial charge is 0.504 e. The molecule has 0 bridgehead atoms. The van der Waals surface area contributed by atoms with Crippen LogP contribution in [0.25, 0.3) is 5.69 Å². The second-order valence-electron chi connectivity index (χ2n) is 6.48. The van der Waals surface area contributed by atoms with Gasteiger partial charge in [0.05, 0.1) is 17.8 Å². The molecule has 134 valence electrons. The van der Waals surface area contributed by atoms with Gasteiger partial charge in [-0.1, -0.05) is 32.9 Å². The van der Waals surface area contributed by atoms with Gasteiger partial charge < -0.3 is 15.1 Å². The number of nitrogens with zero attached hydrogens (tertiary/aromatic N) is 3. The Morgan fingerprint density at radius 2 is 1.80 bits per heavy atom. The van der Waals surface area contributed by atoms with Crippen LogP contribution in [-0.4, -0.2) is 50.4 Å². The number of hydrogen-bond donors (Lipinski definition) is 2. The minimum absolute atomic E-state index is 0.0313. The van der Waals surface area contributed by atoms with Gasteiger partial charge in [-0.25, -0.2) is 4.68 Å². The lowest BCUT2D eigenvalue weighted by Gasteiger charge is -2.18. The zero-order valence-electron chi connectivity index (χ0n) is 14.8. The molecule has 0 radical (unpaired) electrons. The van der Waals surface area contributed by atoms with Crippen LogP contribution >= 0.6 is 0 Å². The van der Waals surface area contributed by atoms with Crippen LogP contribution in [0.3, 0.4) is 0 Å². The molecule has 0 saturated heterocycles. The number of carbonyl (C=O) groups is 2. The van der Waals surface area contributed by atoms with Crippen molar-refractivity contribution in [2.24, 2.45) is 5.92 Å². The van der Waals surface area contributed by atoms with E-state index in [4.69, 9.17) is 5.11 Å². The molecule has 0 aliphatic rings. The minimum Gasteiger partial charge on any atom is -0.504 e. The van der Waals surface area contributed by atoms with Crippen LogP contribution in [-0.2, 0) is 4.79 Å². The van der Waals surface area contributed by atoms with Crippen molar-refractivity contribution in [3.05, 3.63) is 41.7 Å². The Balaban J connectivity index is 2.21. The first kappa shape index (κ1) is 18.5. The summed E-state index contributed by atoms with van der Waals surface area (Å²) in [5, 5.41) is 23.2. The molecular formula is C18H23N3O4. The van der Waals surface area contributed by atoms with Crippen LogP contribution in [0.1, 0.15) is 42.7 Å². The summed E-state index contributed by atoms with van der Waals surface area (Å²) < 4.78 is 1.43. The number of rotatable bonds is 6. The molecule has 1 atom stereocenters. The molecule has 2 N–H and O–H groups in total. The number of aromatic nitrogens is 2. The van der Waals surface area contributed by atoms with Gasteiger partial charge in [-0.05, 0) is 23.6 Å². The highest BCUT2D eigenvalue weighted by Gasteiger charge is 2.23. The number of benzene rings is 1. The topological polar surface area (TPSA) is 95.7 Å². The fourth-order valence-corrected chi connectivity index (χ4v) is 2.41. The van der Waals surface area contributed by atoms with Crippen LogP contribution in [0.4, 0.5) is 0 Å². The molecule has 0 fully saturated rings. The lowest BCUT2D eigenvalue weighted by atomic mass is 10.0. The molecule has 1 amide bonds. The summed E-state index contributed by atoms with van der Waals surface area (Å²) in [5.74, 6) is -2.06. The van der Waals surface area contributed by atoms with Crippen molar-refractivity contribution in [2.45, 2.75) is 26.7 Å². The van der Waals surface area contributed by atoms with Crippen molar-refractivity contribution in [1.29, 1.82) is 0 Å². The summed E-state index contributed by atoms with van der Waals surface area (Å²) in [7, 11) is 1.48. The summed E-state index contributed by atoms with van der Waals surface area (Å²) >= 11 is 0. The molecular weight excluding hydrogens is 322 g/mol. The van der Waals surface area contributed by atoms with Gasteiger partial charge in [0, 0.05) is 13.6 Å². The van der Waals surface area contributed by atoms with E-state index in [9.17, 15) is 14.7 Å². The van der Waals surface area contributed by atoms with Crippen LogP contribution in [0, 0.1) is 5.92 Å². The van der Waals surface area contributed by atoms with Gasteiger partial charge in [-0.15, -0.1) is 0 Å². The van der Waals surface area contributed by atoms with Gasteiger partial charge in [0.1, 0.15) is 0 Å². The van der Waals surface area contributed by atoms with Gasteiger partial charge in [0.25, 0.3) is 5.91 Å². The molecule has 0 saturated carbocycles. The maximum atomic E-state index is 12.4. The van der Waals surface area contributed by atoms with Gasteiger partial charge in [-0.2, -0.15) is 5.10 Å². The van der Waals surface area contributed by atoms with Gasteiger partial charge >= 0.3 is 5.97 Å². The van der Waals surface area contributed by atoms with Gasteiger partial charge in [-0.3, -0.25) is 9.59 Å². The van der Waals surface area contributed by atoms with Crippen LogP contribution in [0.5, 0.6) is 5.75 Å². The monoisotopic (exact) mass is 345 g/mol. The first-order chi connectivity index (χ1) is 11.7. The third-order valence-corrected chi connectivity index (χ3v) is 4.04. The minimum atomic E-state index is -0.986. The quantitative estimate of drug-likeness (QED) is 0.838. The van der Waals surface area contributed by atoms with E-state index >= 15 is 0 Å². The number of aliphatic carboxylic acids is 1. The van der Waals surface area contributed by atoms with Crippen molar-refractivity contribution in [2.75, 3.05) is 13.6 Å². The first-order valence-electron chi connectivity index (χ1n) is 8.08. The Morgan fingerprint density at radius 3 is 2.32 bits per heavy atom. The van der Waals surface area contributed by atoms with E-state index in [2.05, 4.69) is 18.9 Å². The van der Waals surface area contributed by atoms with Crippen molar-refractivity contribution in [3.8, 4) is 11.4 Å². The molecule has 0 spiro atoms. The lowest BCUT2D eigenvalue weighted by Crippen LogP contribution is -2.34.